The van der Waals surface area contributed by atoms with Crippen LogP contribution in [0, 0.1) is 0 Å². The summed E-state index contributed by atoms with van der Waals surface area (Å²) >= 11 is 5.92. The highest BCUT2D eigenvalue weighted by atomic mass is 35.5. The molecule has 0 spiro atoms. The Balaban J connectivity index is 2.67. The molecular formula is C13H16ClNO5. The molecule has 7 heteroatoms. The van der Waals surface area contributed by atoms with Crippen molar-refractivity contribution in [2.75, 3.05) is 11.9 Å². The highest BCUT2D eigenvalue weighted by Crippen LogP contribution is 2.27. The maximum Gasteiger partial charge on any atom is 0.412 e. The van der Waals surface area contributed by atoms with Gasteiger partial charge in [-0.3, -0.25) is 5.32 Å². The van der Waals surface area contributed by atoms with Gasteiger partial charge in [-0.05, 0) is 39.0 Å². The maximum atomic E-state index is 11.6. The number of aliphatic carboxylic acids is 1. The molecule has 0 aromatic heterocycles. The first kappa shape index (κ1) is 16.1. The number of carbonyl (C=O) groups is 2. The number of amides is 1. The molecule has 0 saturated heterocycles. The zero-order chi connectivity index (χ0) is 15.3. The Labute approximate surface area is 121 Å². The lowest BCUT2D eigenvalue weighted by molar-refractivity contribution is -0.139. The summed E-state index contributed by atoms with van der Waals surface area (Å²) in [4.78, 5) is 21.9. The Kier molecular flexibility index (Phi) is 5.21. The summed E-state index contributed by atoms with van der Waals surface area (Å²) in [5, 5.41) is 11.2. The molecule has 0 radical (unpaired) electrons. The number of carbonyl (C=O) groups excluding carboxylic acids is 1. The summed E-state index contributed by atoms with van der Waals surface area (Å²) < 4.78 is 10.1. The maximum absolute atomic E-state index is 11.6. The first-order valence-corrected chi connectivity index (χ1v) is 6.19. The fourth-order valence-corrected chi connectivity index (χ4v) is 1.49. The molecule has 0 atom stereocenters. The molecule has 0 aliphatic rings. The predicted molar refractivity (Wildman–Crippen MR) is 74.4 cm³/mol. The predicted octanol–water partition coefficient (Wildman–Crippen LogP) is 3.15. The van der Waals surface area contributed by atoms with Gasteiger partial charge < -0.3 is 14.6 Å². The van der Waals surface area contributed by atoms with Gasteiger partial charge in [0.05, 0.1) is 5.02 Å². The minimum atomic E-state index is -1.10. The number of benzene rings is 1. The molecule has 110 valence electrons. The van der Waals surface area contributed by atoms with Crippen molar-refractivity contribution in [1.29, 1.82) is 0 Å². The quantitative estimate of drug-likeness (QED) is 0.892. The molecule has 0 bridgehead atoms. The zero-order valence-corrected chi connectivity index (χ0v) is 12.2. The van der Waals surface area contributed by atoms with E-state index in [-0.39, 0.29) is 10.8 Å². The molecule has 0 aliphatic carbocycles. The third kappa shape index (κ3) is 5.79. The topological polar surface area (TPSA) is 84.9 Å². The second-order valence-corrected chi connectivity index (χ2v) is 5.36. The Bertz CT molecular complexity index is 510. The first-order chi connectivity index (χ1) is 9.17. The number of halogens is 1. The molecule has 0 saturated carbocycles. The van der Waals surface area contributed by atoms with Crippen molar-refractivity contribution in [1.82, 2.24) is 0 Å². The molecule has 1 aromatic rings. The van der Waals surface area contributed by atoms with Crippen LogP contribution in [0.4, 0.5) is 10.5 Å². The fourth-order valence-electron chi connectivity index (χ4n) is 1.26. The molecular weight excluding hydrogens is 286 g/mol. The van der Waals surface area contributed by atoms with E-state index in [0.29, 0.717) is 5.69 Å². The van der Waals surface area contributed by atoms with Crippen LogP contribution in [-0.4, -0.2) is 29.4 Å². The second kappa shape index (κ2) is 6.47. The largest absolute Gasteiger partial charge is 0.480 e. The van der Waals surface area contributed by atoms with E-state index in [2.05, 4.69) is 5.32 Å². The SMILES string of the molecule is CC(C)(C)OC(=O)Nc1ccc(OCC(=O)O)c(Cl)c1. The number of hydrogen-bond donors (Lipinski definition) is 2. The van der Waals surface area contributed by atoms with Crippen LogP contribution in [0.2, 0.25) is 5.02 Å². The van der Waals surface area contributed by atoms with Gasteiger partial charge in [0.15, 0.2) is 6.61 Å². The monoisotopic (exact) mass is 301 g/mol. The summed E-state index contributed by atoms with van der Waals surface area (Å²) in [7, 11) is 0. The Morgan fingerprint density at radius 2 is 2.00 bits per heavy atom. The average molecular weight is 302 g/mol. The molecule has 6 nitrogen and oxygen atoms in total. The number of ether oxygens (including phenoxy) is 2. The summed E-state index contributed by atoms with van der Waals surface area (Å²) in [6.45, 7) is 4.77. The van der Waals surface area contributed by atoms with Crippen LogP contribution < -0.4 is 10.1 Å². The van der Waals surface area contributed by atoms with Crippen molar-refractivity contribution in [3.8, 4) is 5.75 Å². The normalized spacial score (nSPS) is 10.8. The van der Waals surface area contributed by atoms with Gasteiger partial charge >= 0.3 is 12.1 Å². The minimum Gasteiger partial charge on any atom is -0.480 e. The zero-order valence-electron chi connectivity index (χ0n) is 11.4. The average Bonchev–Trinajstić information content (AvgIpc) is 2.24. The van der Waals surface area contributed by atoms with Gasteiger partial charge in [-0.25, -0.2) is 9.59 Å². The van der Waals surface area contributed by atoms with Crippen molar-refractivity contribution in [2.24, 2.45) is 0 Å². The molecule has 1 rings (SSSR count). The third-order valence-corrected chi connectivity index (χ3v) is 2.22. The number of hydrogen-bond acceptors (Lipinski definition) is 4. The Morgan fingerprint density at radius 3 is 2.50 bits per heavy atom. The van der Waals surface area contributed by atoms with Gasteiger partial charge in [0.2, 0.25) is 0 Å². The van der Waals surface area contributed by atoms with Crippen molar-refractivity contribution < 1.29 is 24.2 Å². The Hall–Kier alpha value is -1.95. The molecule has 0 heterocycles. The van der Waals surface area contributed by atoms with Gasteiger partial charge in [-0.1, -0.05) is 11.6 Å². The summed E-state index contributed by atoms with van der Waals surface area (Å²) in [5.74, 6) is -0.874. The highest BCUT2D eigenvalue weighted by molar-refractivity contribution is 6.32. The van der Waals surface area contributed by atoms with E-state index in [4.69, 9.17) is 26.2 Å². The standard InChI is InChI=1S/C13H16ClNO5/c1-13(2,3)20-12(18)15-8-4-5-10(9(14)6-8)19-7-11(16)17/h4-6H,7H2,1-3H3,(H,15,18)(H,16,17). The van der Waals surface area contributed by atoms with E-state index in [9.17, 15) is 9.59 Å². The van der Waals surface area contributed by atoms with Crippen LogP contribution in [-0.2, 0) is 9.53 Å². The number of anilines is 1. The molecule has 0 unspecified atom stereocenters. The molecule has 20 heavy (non-hydrogen) atoms. The van der Waals surface area contributed by atoms with Gasteiger partial charge in [0.25, 0.3) is 0 Å². The van der Waals surface area contributed by atoms with E-state index in [0.717, 1.165) is 0 Å². The number of nitrogens with one attached hydrogen (secondary N) is 1. The lowest BCUT2D eigenvalue weighted by atomic mass is 10.2. The minimum absolute atomic E-state index is 0.194. The van der Waals surface area contributed by atoms with Gasteiger partial charge in [-0.15, -0.1) is 0 Å². The van der Waals surface area contributed by atoms with E-state index in [1.165, 1.54) is 18.2 Å². The Morgan fingerprint density at radius 1 is 1.35 bits per heavy atom. The van der Waals surface area contributed by atoms with E-state index >= 15 is 0 Å². The van der Waals surface area contributed by atoms with E-state index < -0.39 is 24.3 Å². The van der Waals surface area contributed by atoms with Crippen LogP contribution in [0.1, 0.15) is 20.8 Å². The molecule has 0 aliphatic heterocycles. The van der Waals surface area contributed by atoms with Crippen LogP contribution in [0.25, 0.3) is 0 Å². The molecule has 1 amide bonds. The fraction of sp³-hybridized carbons (Fsp3) is 0.385. The van der Waals surface area contributed by atoms with Crippen LogP contribution >= 0.6 is 11.6 Å². The van der Waals surface area contributed by atoms with E-state index in [1.807, 2.05) is 0 Å². The van der Waals surface area contributed by atoms with E-state index in [1.54, 1.807) is 20.8 Å². The van der Waals surface area contributed by atoms with Crippen molar-refractivity contribution in [2.45, 2.75) is 26.4 Å². The smallest absolute Gasteiger partial charge is 0.412 e. The van der Waals surface area contributed by atoms with Crippen LogP contribution in [0.5, 0.6) is 5.75 Å². The molecule has 2 N–H and O–H groups in total. The third-order valence-electron chi connectivity index (χ3n) is 1.93. The first-order valence-electron chi connectivity index (χ1n) is 5.81. The number of rotatable bonds is 4. The van der Waals surface area contributed by atoms with Crippen LogP contribution in [0.15, 0.2) is 18.2 Å². The van der Waals surface area contributed by atoms with Gasteiger partial charge in [0, 0.05) is 5.69 Å². The van der Waals surface area contributed by atoms with Gasteiger partial charge in [-0.2, -0.15) is 0 Å². The van der Waals surface area contributed by atoms with Crippen molar-refractivity contribution >= 4 is 29.4 Å². The summed E-state index contributed by atoms with van der Waals surface area (Å²) in [6.07, 6.45) is -0.604. The number of carboxylic acids is 1. The highest BCUT2D eigenvalue weighted by Gasteiger charge is 2.16. The van der Waals surface area contributed by atoms with Gasteiger partial charge in [0.1, 0.15) is 11.4 Å². The number of carboxylic acid groups (broad SMARTS) is 1. The molecule has 0 fully saturated rings. The summed E-state index contributed by atoms with van der Waals surface area (Å²) in [5.41, 5.74) is -0.176. The molecule has 1 aromatic carbocycles. The van der Waals surface area contributed by atoms with Crippen molar-refractivity contribution in [3.63, 3.8) is 0 Å². The lowest BCUT2D eigenvalue weighted by Gasteiger charge is -2.19. The van der Waals surface area contributed by atoms with Crippen LogP contribution in [0.3, 0.4) is 0 Å². The second-order valence-electron chi connectivity index (χ2n) is 4.95. The lowest BCUT2D eigenvalue weighted by Crippen LogP contribution is -2.27. The summed E-state index contributed by atoms with van der Waals surface area (Å²) in [6, 6.07) is 4.45. The van der Waals surface area contributed by atoms with Crippen molar-refractivity contribution in [3.05, 3.63) is 23.2 Å².